The van der Waals surface area contributed by atoms with Crippen molar-refractivity contribution in [3.63, 3.8) is 0 Å². The fourth-order valence-corrected chi connectivity index (χ4v) is 6.10. The third kappa shape index (κ3) is 3.71. The molecule has 0 aliphatic carbocycles. The highest BCUT2D eigenvalue weighted by Gasteiger charge is 2.20. The molecule has 0 unspecified atom stereocenters. The molecule has 0 amide bonds. The lowest BCUT2D eigenvalue weighted by molar-refractivity contribution is 0.282. The van der Waals surface area contributed by atoms with E-state index in [1.807, 2.05) is 12.1 Å². The minimum atomic E-state index is -0.157. The SMILES string of the molecule is Cc1c(-c2nc3cc(CO)cc(C#N)c3o2)cccc1-c1cccc(-c2nc3c(s2)CNCC3)c1C. The number of hydrogen-bond acceptors (Lipinski definition) is 7. The number of fused-ring (bicyclic) bond motifs is 2. The van der Waals surface area contributed by atoms with Gasteiger partial charge in [0.1, 0.15) is 16.6 Å². The van der Waals surface area contributed by atoms with Crippen molar-refractivity contribution in [2.24, 2.45) is 0 Å². The van der Waals surface area contributed by atoms with Crippen molar-refractivity contribution in [2.45, 2.75) is 33.4 Å². The topological polar surface area (TPSA) is 95.0 Å². The molecule has 1 aliphatic heterocycles. The number of oxazole rings is 1. The summed E-state index contributed by atoms with van der Waals surface area (Å²) in [5.74, 6) is 0.463. The van der Waals surface area contributed by atoms with Gasteiger partial charge >= 0.3 is 0 Å². The summed E-state index contributed by atoms with van der Waals surface area (Å²) in [6, 6.07) is 18.1. The van der Waals surface area contributed by atoms with Crippen molar-refractivity contribution in [3.05, 3.63) is 81.4 Å². The predicted octanol–water partition coefficient (Wildman–Crippen LogP) is 5.91. The largest absolute Gasteiger partial charge is 0.435 e. The summed E-state index contributed by atoms with van der Waals surface area (Å²) in [6.07, 6.45) is 0.976. The summed E-state index contributed by atoms with van der Waals surface area (Å²) in [7, 11) is 0. The Balaban J connectivity index is 1.45. The normalized spacial score (nSPS) is 13.1. The van der Waals surface area contributed by atoms with Crippen LogP contribution in [-0.2, 0) is 19.6 Å². The smallest absolute Gasteiger partial charge is 0.227 e. The maximum atomic E-state index is 9.56. The molecule has 3 heterocycles. The molecule has 0 bridgehead atoms. The maximum Gasteiger partial charge on any atom is 0.227 e. The van der Waals surface area contributed by atoms with Crippen LogP contribution in [0.3, 0.4) is 0 Å². The van der Waals surface area contributed by atoms with Crippen LogP contribution in [0.15, 0.2) is 52.9 Å². The lowest BCUT2D eigenvalue weighted by Crippen LogP contribution is -2.22. The van der Waals surface area contributed by atoms with E-state index in [2.05, 4.69) is 54.5 Å². The van der Waals surface area contributed by atoms with Gasteiger partial charge in [-0.1, -0.05) is 30.3 Å². The molecule has 6 nitrogen and oxygen atoms in total. The lowest BCUT2D eigenvalue weighted by atomic mass is 9.91. The monoisotopic (exact) mass is 492 g/mol. The number of aliphatic hydroxyl groups is 1. The Bertz CT molecular complexity index is 1650. The summed E-state index contributed by atoms with van der Waals surface area (Å²) in [5.41, 5.74) is 9.75. The highest BCUT2D eigenvalue weighted by atomic mass is 32.1. The fraction of sp³-hybridized carbons (Fsp3) is 0.207. The number of hydrogen-bond donors (Lipinski definition) is 2. The molecule has 7 heteroatoms. The quantitative estimate of drug-likeness (QED) is 0.324. The molecule has 0 radical (unpaired) electrons. The van der Waals surface area contributed by atoms with Gasteiger partial charge < -0.3 is 14.8 Å². The Morgan fingerprint density at radius 2 is 1.75 bits per heavy atom. The molecule has 0 spiro atoms. The molecule has 2 N–H and O–H groups in total. The van der Waals surface area contributed by atoms with Gasteiger partial charge in [-0.25, -0.2) is 9.97 Å². The fourth-order valence-electron chi connectivity index (χ4n) is 4.94. The van der Waals surface area contributed by atoms with Gasteiger partial charge in [0, 0.05) is 35.5 Å². The molecule has 2 aromatic heterocycles. The van der Waals surface area contributed by atoms with Crippen molar-refractivity contribution < 1.29 is 9.52 Å². The molecular weight excluding hydrogens is 468 g/mol. The van der Waals surface area contributed by atoms with Crippen molar-refractivity contribution >= 4 is 22.4 Å². The van der Waals surface area contributed by atoms with Gasteiger partial charge in [-0.3, -0.25) is 0 Å². The zero-order valence-electron chi connectivity index (χ0n) is 20.1. The molecule has 5 aromatic rings. The molecule has 178 valence electrons. The first kappa shape index (κ1) is 22.6. The van der Waals surface area contributed by atoms with Crippen LogP contribution in [0.2, 0.25) is 0 Å². The van der Waals surface area contributed by atoms with Crippen molar-refractivity contribution in [2.75, 3.05) is 6.54 Å². The molecule has 6 rings (SSSR count). The van der Waals surface area contributed by atoms with Crippen LogP contribution in [-0.4, -0.2) is 21.6 Å². The van der Waals surface area contributed by atoms with Gasteiger partial charge in [-0.2, -0.15) is 5.26 Å². The van der Waals surface area contributed by atoms with E-state index in [0.29, 0.717) is 28.1 Å². The Morgan fingerprint density at radius 1 is 1.03 bits per heavy atom. The van der Waals surface area contributed by atoms with Gasteiger partial charge in [-0.15, -0.1) is 11.3 Å². The Morgan fingerprint density at radius 3 is 2.47 bits per heavy atom. The number of aliphatic hydroxyl groups excluding tert-OH is 1. The second kappa shape index (κ2) is 8.99. The molecule has 36 heavy (non-hydrogen) atoms. The van der Waals surface area contributed by atoms with Gasteiger partial charge in [-0.05, 0) is 59.9 Å². The molecule has 1 aliphatic rings. The molecule has 0 fully saturated rings. The molecule has 0 atom stereocenters. The van der Waals surface area contributed by atoms with Crippen LogP contribution in [0.4, 0.5) is 0 Å². The van der Waals surface area contributed by atoms with E-state index >= 15 is 0 Å². The van der Waals surface area contributed by atoms with Gasteiger partial charge in [0.15, 0.2) is 5.58 Å². The number of aromatic nitrogens is 2. The first-order chi connectivity index (χ1) is 17.6. The molecule has 0 saturated carbocycles. The van der Waals surface area contributed by atoms with Crippen LogP contribution in [0, 0.1) is 25.2 Å². The van der Waals surface area contributed by atoms with Gasteiger partial charge in [0.25, 0.3) is 0 Å². The van der Waals surface area contributed by atoms with Crippen molar-refractivity contribution in [1.29, 1.82) is 5.26 Å². The minimum Gasteiger partial charge on any atom is -0.435 e. The van der Waals surface area contributed by atoms with E-state index in [1.54, 1.807) is 23.5 Å². The molecule has 3 aromatic carbocycles. The second-order valence-corrected chi connectivity index (χ2v) is 10.1. The number of thiazole rings is 1. The predicted molar refractivity (Wildman–Crippen MR) is 142 cm³/mol. The number of benzene rings is 3. The highest BCUT2D eigenvalue weighted by molar-refractivity contribution is 7.15. The minimum absolute atomic E-state index is 0.157. The Labute approximate surface area is 212 Å². The van der Waals surface area contributed by atoms with Gasteiger partial charge in [0.2, 0.25) is 5.89 Å². The number of nitriles is 1. The zero-order chi connectivity index (χ0) is 24.8. The third-order valence-corrected chi connectivity index (χ3v) is 8.00. The first-order valence-corrected chi connectivity index (χ1v) is 12.7. The summed E-state index contributed by atoms with van der Waals surface area (Å²) in [4.78, 5) is 11.0. The standard InChI is InChI=1S/C29H24N4O2S/c1-16-20(21-6-4-8-23(17(21)2)29-33-24-9-10-31-14-26(24)36-29)5-3-7-22(16)28-32-25-12-18(15-34)11-19(13-30)27(25)35-28/h3-8,11-12,31,34H,9-10,14-15H2,1-2H3. The first-order valence-electron chi connectivity index (χ1n) is 11.9. The summed E-state index contributed by atoms with van der Waals surface area (Å²) in [6.45, 7) is 5.95. The Hall–Kier alpha value is -3.83. The van der Waals surface area contributed by atoms with E-state index in [-0.39, 0.29) is 6.61 Å². The van der Waals surface area contributed by atoms with Crippen molar-refractivity contribution in [3.8, 4) is 39.2 Å². The van der Waals surface area contributed by atoms with E-state index in [0.717, 1.165) is 52.3 Å². The zero-order valence-corrected chi connectivity index (χ0v) is 20.9. The highest BCUT2D eigenvalue weighted by Crippen LogP contribution is 2.39. The third-order valence-electron chi connectivity index (χ3n) is 6.87. The molecule has 0 saturated heterocycles. The number of nitrogens with one attached hydrogen (secondary N) is 1. The van der Waals surface area contributed by atoms with Crippen LogP contribution < -0.4 is 5.32 Å². The van der Waals surface area contributed by atoms with Gasteiger partial charge in [0.05, 0.1) is 17.9 Å². The van der Waals surface area contributed by atoms with Crippen LogP contribution in [0.5, 0.6) is 0 Å². The van der Waals surface area contributed by atoms with Crippen LogP contribution >= 0.6 is 11.3 Å². The molecular formula is C29H24N4O2S. The van der Waals surface area contributed by atoms with E-state index in [4.69, 9.17) is 9.40 Å². The summed E-state index contributed by atoms with van der Waals surface area (Å²) >= 11 is 1.78. The maximum absolute atomic E-state index is 9.56. The average molecular weight is 493 g/mol. The van der Waals surface area contributed by atoms with E-state index < -0.39 is 0 Å². The second-order valence-electron chi connectivity index (χ2n) is 9.05. The lowest BCUT2D eigenvalue weighted by Gasteiger charge is -2.14. The van der Waals surface area contributed by atoms with E-state index in [1.165, 1.54) is 16.1 Å². The Kier molecular flexibility index (Phi) is 5.65. The van der Waals surface area contributed by atoms with Crippen molar-refractivity contribution in [1.82, 2.24) is 15.3 Å². The van der Waals surface area contributed by atoms with Crippen LogP contribution in [0.25, 0.3) is 44.3 Å². The number of nitrogens with zero attached hydrogens (tertiary/aromatic N) is 3. The summed E-state index contributed by atoms with van der Waals surface area (Å²) < 4.78 is 6.09. The van der Waals surface area contributed by atoms with Crippen LogP contribution in [0.1, 0.15) is 32.8 Å². The average Bonchev–Trinajstić information content (AvgIpc) is 3.53. The number of rotatable bonds is 4. The van der Waals surface area contributed by atoms with E-state index in [9.17, 15) is 10.4 Å². The summed E-state index contributed by atoms with van der Waals surface area (Å²) in [5, 5.41) is 23.6.